The quantitative estimate of drug-likeness (QED) is 0.659. The molecule has 0 radical (unpaired) electrons. The van der Waals surface area contributed by atoms with Crippen LogP contribution in [0.3, 0.4) is 0 Å². The molecule has 3 aromatic rings. The molecule has 1 aromatic carbocycles. The third kappa shape index (κ3) is 2.48. The standard InChI is InChI=1S/C13H11ClN4O3/c14-8-3-1-7(2-4-8)5-18-11-10(12(20)17-13(18)21)15-9(6-19)16-11/h1-4,19H,5-6H2,(H,15,16)(H,17,20,21). The molecule has 3 N–H and O–H groups in total. The molecular formula is C13H11ClN4O3. The molecule has 0 saturated carbocycles. The maximum absolute atomic E-state index is 12.0. The molecule has 0 atom stereocenters. The molecule has 0 saturated heterocycles. The smallest absolute Gasteiger partial charge is 0.330 e. The van der Waals surface area contributed by atoms with Gasteiger partial charge in [-0.15, -0.1) is 0 Å². The van der Waals surface area contributed by atoms with E-state index in [0.29, 0.717) is 5.02 Å². The Morgan fingerprint density at radius 1 is 1.19 bits per heavy atom. The van der Waals surface area contributed by atoms with Gasteiger partial charge >= 0.3 is 5.69 Å². The molecule has 0 unspecified atom stereocenters. The molecule has 108 valence electrons. The summed E-state index contributed by atoms with van der Waals surface area (Å²) in [6.07, 6.45) is 0. The number of aliphatic hydroxyl groups excluding tert-OH is 1. The van der Waals surface area contributed by atoms with Crippen molar-refractivity contribution < 1.29 is 5.11 Å². The minimum absolute atomic E-state index is 0.160. The summed E-state index contributed by atoms with van der Waals surface area (Å²) in [5.41, 5.74) is 0.0896. The Morgan fingerprint density at radius 3 is 2.57 bits per heavy atom. The first-order valence-electron chi connectivity index (χ1n) is 6.15. The highest BCUT2D eigenvalue weighted by Gasteiger charge is 2.12. The highest BCUT2D eigenvalue weighted by molar-refractivity contribution is 6.30. The van der Waals surface area contributed by atoms with E-state index in [1.165, 1.54) is 4.57 Å². The van der Waals surface area contributed by atoms with E-state index in [4.69, 9.17) is 16.7 Å². The molecule has 3 rings (SSSR count). The molecule has 2 heterocycles. The first-order chi connectivity index (χ1) is 10.1. The first-order valence-corrected chi connectivity index (χ1v) is 6.53. The van der Waals surface area contributed by atoms with Crippen molar-refractivity contribution in [2.75, 3.05) is 0 Å². The van der Waals surface area contributed by atoms with Crippen molar-refractivity contribution in [3.05, 3.63) is 61.5 Å². The van der Waals surface area contributed by atoms with E-state index in [9.17, 15) is 9.59 Å². The second-order valence-corrected chi connectivity index (χ2v) is 4.95. The van der Waals surface area contributed by atoms with Crippen LogP contribution in [0, 0.1) is 0 Å². The van der Waals surface area contributed by atoms with Crippen LogP contribution in [0.15, 0.2) is 33.9 Å². The molecule has 0 aliphatic heterocycles. The molecule has 0 aliphatic rings. The van der Waals surface area contributed by atoms with Gasteiger partial charge < -0.3 is 10.1 Å². The SMILES string of the molecule is O=c1[nH]c(=O)n(Cc2ccc(Cl)cc2)c2nc(CO)[nH]c12. The highest BCUT2D eigenvalue weighted by Crippen LogP contribution is 2.12. The number of aliphatic hydroxyl groups is 1. The lowest BCUT2D eigenvalue weighted by Gasteiger charge is -2.06. The predicted octanol–water partition coefficient (Wildman–Crippen LogP) is 0.607. The van der Waals surface area contributed by atoms with Gasteiger partial charge in [0.2, 0.25) is 0 Å². The largest absolute Gasteiger partial charge is 0.388 e. The Kier molecular flexibility index (Phi) is 3.36. The molecular weight excluding hydrogens is 296 g/mol. The Labute approximate surface area is 122 Å². The fraction of sp³-hybridized carbons (Fsp3) is 0.154. The molecule has 0 spiro atoms. The molecule has 0 bridgehead atoms. The van der Waals surface area contributed by atoms with Crippen LogP contribution in [0.1, 0.15) is 11.4 Å². The zero-order valence-electron chi connectivity index (χ0n) is 10.8. The maximum Gasteiger partial charge on any atom is 0.330 e. The zero-order valence-corrected chi connectivity index (χ0v) is 11.5. The summed E-state index contributed by atoms with van der Waals surface area (Å²) in [6.45, 7) is -0.109. The van der Waals surface area contributed by atoms with Crippen LogP contribution in [0.5, 0.6) is 0 Å². The Balaban J connectivity index is 2.17. The van der Waals surface area contributed by atoms with E-state index in [2.05, 4.69) is 15.0 Å². The van der Waals surface area contributed by atoms with Gasteiger partial charge in [0.25, 0.3) is 5.56 Å². The second kappa shape index (κ2) is 5.19. The van der Waals surface area contributed by atoms with E-state index >= 15 is 0 Å². The molecule has 0 aliphatic carbocycles. The van der Waals surface area contributed by atoms with Crippen LogP contribution in [0.25, 0.3) is 11.2 Å². The van der Waals surface area contributed by atoms with Gasteiger partial charge in [-0.25, -0.2) is 9.78 Å². The number of nitrogens with zero attached hydrogens (tertiary/aromatic N) is 2. The summed E-state index contributed by atoms with van der Waals surface area (Å²) in [5.74, 6) is 0.228. The van der Waals surface area contributed by atoms with Gasteiger partial charge in [-0.2, -0.15) is 0 Å². The number of halogens is 1. The number of hydrogen-bond donors (Lipinski definition) is 3. The number of rotatable bonds is 3. The predicted molar refractivity (Wildman–Crippen MR) is 77.5 cm³/mol. The van der Waals surface area contributed by atoms with Crippen molar-refractivity contribution in [2.24, 2.45) is 0 Å². The number of H-pyrrole nitrogens is 2. The van der Waals surface area contributed by atoms with E-state index in [1.807, 2.05) is 0 Å². The van der Waals surface area contributed by atoms with Crippen LogP contribution in [-0.4, -0.2) is 24.6 Å². The van der Waals surface area contributed by atoms with Gasteiger partial charge in [-0.3, -0.25) is 14.3 Å². The van der Waals surface area contributed by atoms with Gasteiger partial charge in [0.1, 0.15) is 17.9 Å². The number of nitrogens with one attached hydrogen (secondary N) is 2. The van der Waals surface area contributed by atoms with Gasteiger partial charge in [0.15, 0.2) is 5.65 Å². The maximum atomic E-state index is 12.0. The van der Waals surface area contributed by atoms with Crippen molar-refractivity contribution in [1.82, 2.24) is 19.5 Å². The Morgan fingerprint density at radius 2 is 1.90 bits per heavy atom. The first kappa shape index (κ1) is 13.6. The Bertz CT molecular complexity index is 908. The zero-order chi connectivity index (χ0) is 15.0. The fourth-order valence-electron chi connectivity index (χ4n) is 2.08. The van der Waals surface area contributed by atoms with Gasteiger partial charge in [-0.1, -0.05) is 23.7 Å². The van der Waals surface area contributed by atoms with Crippen LogP contribution in [-0.2, 0) is 13.2 Å². The van der Waals surface area contributed by atoms with E-state index < -0.39 is 11.2 Å². The highest BCUT2D eigenvalue weighted by atomic mass is 35.5. The van der Waals surface area contributed by atoms with Crippen molar-refractivity contribution >= 4 is 22.8 Å². The van der Waals surface area contributed by atoms with Crippen molar-refractivity contribution in [3.8, 4) is 0 Å². The lowest BCUT2D eigenvalue weighted by molar-refractivity contribution is 0.273. The van der Waals surface area contributed by atoms with Gasteiger partial charge in [0.05, 0.1) is 6.54 Å². The molecule has 8 heteroatoms. The number of aromatic nitrogens is 4. The third-order valence-electron chi connectivity index (χ3n) is 3.09. The molecule has 0 amide bonds. The lowest BCUT2D eigenvalue weighted by Crippen LogP contribution is -2.30. The summed E-state index contributed by atoms with van der Waals surface area (Å²) >= 11 is 5.82. The van der Waals surface area contributed by atoms with Crippen LogP contribution in [0.2, 0.25) is 5.02 Å². The molecule has 0 fully saturated rings. The number of benzene rings is 1. The lowest BCUT2D eigenvalue weighted by atomic mass is 10.2. The summed E-state index contributed by atoms with van der Waals surface area (Å²) in [5, 5.41) is 9.70. The number of imidazole rings is 1. The van der Waals surface area contributed by atoms with Crippen molar-refractivity contribution in [1.29, 1.82) is 0 Å². The summed E-state index contributed by atoms with van der Waals surface area (Å²) in [7, 11) is 0. The van der Waals surface area contributed by atoms with Crippen molar-refractivity contribution in [3.63, 3.8) is 0 Å². The average Bonchev–Trinajstić information content (AvgIpc) is 2.90. The normalized spacial score (nSPS) is 11.1. The van der Waals surface area contributed by atoms with Gasteiger partial charge in [-0.05, 0) is 17.7 Å². The minimum atomic E-state index is -0.561. The summed E-state index contributed by atoms with van der Waals surface area (Å²) in [6, 6.07) is 7.00. The molecule has 21 heavy (non-hydrogen) atoms. The van der Waals surface area contributed by atoms with E-state index in [1.54, 1.807) is 24.3 Å². The van der Waals surface area contributed by atoms with E-state index in [-0.39, 0.29) is 30.1 Å². The van der Waals surface area contributed by atoms with Gasteiger partial charge in [0, 0.05) is 5.02 Å². The summed E-state index contributed by atoms with van der Waals surface area (Å²) < 4.78 is 1.33. The average molecular weight is 307 g/mol. The van der Waals surface area contributed by atoms with Crippen LogP contribution >= 0.6 is 11.6 Å². The monoisotopic (exact) mass is 306 g/mol. The topological polar surface area (TPSA) is 104 Å². The number of hydrogen-bond acceptors (Lipinski definition) is 4. The molecule has 2 aromatic heterocycles. The van der Waals surface area contributed by atoms with Crippen molar-refractivity contribution in [2.45, 2.75) is 13.2 Å². The Hall–Kier alpha value is -2.38. The van der Waals surface area contributed by atoms with E-state index in [0.717, 1.165) is 5.56 Å². The second-order valence-electron chi connectivity index (χ2n) is 4.51. The summed E-state index contributed by atoms with van der Waals surface area (Å²) in [4.78, 5) is 32.7. The van der Waals surface area contributed by atoms with Crippen LogP contribution < -0.4 is 11.2 Å². The third-order valence-corrected chi connectivity index (χ3v) is 3.34. The number of aromatic amines is 2. The minimum Gasteiger partial charge on any atom is -0.388 e. The molecule has 7 nitrogen and oxygen atoms in total. The fourth-order valence-corrected chi connectivity index (χ4v) is 2.21. The number of fused-ring (bicyclic) bond motifs is 1. The van der Waals surface area contributed by atoms with Crippen LogP contribution in [0.4, 0.5) is 0 Å².